The first-order chi connectivity index (χ1) is 12.4. The Morgan fingerprint density at radius 3 is 2.65 bits per heavy atom. The average Bonchev–Trinajstić information content (AvgIpc) is 2.96. The van der Waals surface area contributed by atoms with Gasteiger partial charge in [0.2, 0.25) is 0 Å². The predicted molar refractivity (Wildman–Crippen MR) is 99.8 cm³/mol. The molecule has 6 nitrogen and oxygen atoms in total. The standard InChI is InChI=1S/C20H34O6/c1-2-3-4-5-6-7-9-15(21)12-13-16(22)19-14-17(23)18(26-19)10-8-11-20(24)25/h6-7,12-13,15-19,21-23H,2-5,8-11,14H2,1H3,(H,24,25)/b7-6-,13-12-/t15-,16-,17+,18-,19-/m1/s1. The number of aliphatic hydroxyl groups excluding tert-OH is 3. The van der Waals surface area contributed by atoms with Gasteiger partial charge < -0.3 is 25.2 Å². The quantitative estimate of drug-likeness (QED) is 0.293. The third-order valence-electron chi connectivity index (χ3n) is 4.56. The molecule has 0 aromatic carbocycles. The van der Waals surface area contributed by atoms with Gasteiger partial charge in [0.25, 0.3) is 0 Å². The fraction of sp³-hybridized carbons (Fsp3) is 0.750. The maximum Gasteiger partial charge on any atom is 0.303 e. The number of ether oxygens (including phenoxy) is 1. The lowest BCUT2D eigenvalue weighted by molar-refractivity contribution is -0.137. The Labute approximate surface area is 156 Å². The van der Waals surface area contributed by atoms with Gasteiger partial charge in [-0.15, -0.1) is 0 Å². The lowest BCUT2D eigenvalue weighted by atomic mass is 10.0. The van der Waals surface area contributed by atoms with Gasteiger partial charge in [-0.3, -0.25) is 4.79 Å². The molecule has 1 rings (SSSR count). The summed E-state index contributed by atoms with van der Waals surface area (Å²) in [6.07, 6.45) is 10.1. The molecule has 26 heavy (non-hydrogen) atoms. The van der Waals surface area contributed by atoms with E-state index < -0.39 is 36.5 Å². The van der Waals surface area contributed by atoms with Gasteiger partial charge in [0, 0.05) is 12.8 Å². The van der Waals surface area contributed by atoms with Crippen molar-refractivity contribution in [2.24, 2.45) is 0 Å². The van der Waals surface area contributed by atoms with E-state index in [1.165, 1.54) is 18.9 Å². The highest BCUT2D eigenvalue weighted by Crippen LogP contribution is 2.27. The van der Waals surface area contributed by atoms with Gasteiger partial charge in [0.15, 0.2) is 0 Å². The number of hydrogen-bond acceptors (Lipinski definition) is 5. The summed E-state index contributed by atoms with van der Waals surface area (Å²) in [7, 11) is 0. The van der Waals surface area contributed by atoms with Gasteiger partial charge in [-0.1, -0.05) is 44.1 Å². The topological polar surface area (TPSA) is 107 Å². The Balaban J connectivity index is 2.29. The summed E-state index contributed by atoms with van der Waals surface area (Å²) in [6, 6.07) is 0. The smallest absolute Gasteiger partial charge is 0.303 e. The van der Waals surface area contributed by atoms with Gasteiger partial charge in [-0.2, -0.15) is 0 Å². The number of carbonyl (C=O) groups is 1. The minimum absolute atomic E-state index is 0.0395. The predicted octanol–water partition coefficient (Wildman–Crippen LogP) is 2.56. The molecule has 1 fully saturated rings. The molecule has 1 aliphatic rings. The molecule has 0 unspecified atom stereocenters. The molecule has 1 saturated heterocycles. The summed E-state index contributed by atoms with van der Waals surface area (Å²) >= 11 is 0. The zero-order valence-electron chi connectivity index (χ0n) is 15.7. The normalized spacial score (nSPS) is 25.9. The molecular weight excluding hydrogens is 336 g/mol. The Bertz CT molecular complexity index is 448. The second-order valence-electron chi connectivity index (χ2n) is 6.95. The number of carboxylic acids is 1. The highest BCUT2D eigenvalue weighted by molar-refractivity contribution is 5.66. The molecular formula is C20H34O6. The minimum Gasteiger partial charge on any atom is -0.481 e. The first kappa shape index (κ1) is 22.8. The maximum absolute atomic E-state index is 10.5. The Morgan fingerprint density at radius 1 is 1.19 bits per heavy atom. The summed E-state index contributed by atoms with van der Waals surface area (Å²) < 4.78 is 5.65. The first-order valence-corrected chi connectivity index (χ1v) is 9.68. The van der Waals surface area contributed by atoms with Gasteiger partial charge >= 0.3 is 5.97 Å². The number of aliphatic carboxylic acids is 1. The molecule has 0 spiro atoms. The van der Waals surface area contributed by atoms with Gasteiger partial charge in [-0.25, -0.2) is 0 Å². The number of rotatable bonds is 13. The van der Waals surface area contributed by atoms with E-state index in [1.54, 1.807) is 6.08 Å². The monoisotopic (exact) mass is 370 g/mol. The number of allylic oxidation sites excluding steroid dienone is 1. The third-order valence-corrected chi connectivity index (χ3v) is 4.56. The van der Waals surface area contributed by atoms with E-state index in [0.29, 0.717) is 25.7 Å². The Morgan fingerprint density at radius 2 is 1.96 bits per heavy atom. The largest absolute Gasteiger partial charge is 0.481 e. The molecule has 0 amide bonds. The van der Waals surface area contributed by atoms with Crippen molar-refractivity contribution in [2.75, 3.05) is 0 Å². The second-order valence-corrected chi connectivity index (χ2v) is 6.95. The lowest BCUT2D eigenvalue weighted by Crippen LogP contribution is -2.25. The molecule has 150 valence electrons. The summed E-state index contributed by atoms with van der Waals surface area (Å²) in [5.74, 6) is -0.870. The summed E-state index contributed by atoms with van der Waals surface area (Å²) in [5, 5.41) is 38.7. The summed E-state index contributed by atoms with van der Waals surface area (Å²) in [6.45, 7) is 2.16. The van der Waals surface area contributed by atoms with Crippen LogP contribution >= 0.6 is 0 Å². The van der Waals surface area contributed by atoms with Crippen LogP contribution in [0.15, 0.2) is 24.3 Å². The van der Waals surface area contributed by atoms with Crippen LogP contribution in [-0.2, 0) is 9.53 Å². The van der Waals surface area contributed by atoms with Crippen molar-refractivity contribution in [3.63, 3.8) is 0 Å². The van der Waals surface area contributed by atoms with E-state index in [0.717, 1.165) is 12.8 Å². The SMILES string of the molecule is CCCCC/C=C\C[C@@H](O)/C=C\[C@@H](O)[C@H]1C[C@H](O)[C@@H](CCCC(=O)O)O1. The maximum atomic E-state index is 10.5. The van der Waals surface area contributed by atoms with Crippen molar-refractivity contribution in [3.8, 4) is 0 Å². The number of unbranched alkanes of at least 4 members (excludes halogenated alkanes) is 3. The van der Waals surface area contributed by atoms with Gasteiger partial charge in [0.05, 0.1) is 30.5 Å². The summed E-state index contributed by atoms with van der Waals surface area (Å²) in [5.41, 5.74) is 0. The van der Waals surface area contributed by atoms with Crippen molar-refractivity contribution in [1.82, 2.24) is 0 Å². The van der Waals surface area contributed by atoms with Crippen molar-refractivity contribution >= 4 is 5.97 Å². The van der Waals surface area contributed by atoms with Crippen LogP contribution in [0.1, 0.15) is 64.7 Å². The highest BCUT2D eigenvalue weighted by Gasteiger charge is 2.36. The molecule has 0 saturated carbocycles. The Hall–Kier alpha value is -1.21. The molecule has 6 heteroatoms. The number of aliphatic hydroxyl groups is 3. The second kappa shape index (κ2) is 13.0. The number of hydrogen-bond donors (Lipinski definition) is 4. The highest BCUT2D eigenvalue weighted by atomic mass is 16.5. The van der Waals surface area contributed by atoms with Crippen LogP contribution in [0.25, 0.3) is 0 Å². The van der Waals surface area contributed by atoms with Gasteiger partial charge in [-0.05, 0) is 32.1 Å². The minimum atomic E-state index is -0.905. The van der Waals surface area contributed by atoms with E-state index in [1.807, 2.05) is 6.08 Å². The molecule has 0 aromatic rings. The summed E-state index contributed by atoms with van der Waals surface area (Å²) in [4.78, 5) is 10.5. The fourth-order valence-electron chi connectivity index (χ4n) is 3.01. The zero-order chi connectivity index (χ0) is 19.4. The molecule has 1 aliphatic heterocycles. The molecule has 0 aliphatic carbocycles. The molecule has 4 N–H and O–H groups in total. The third kappa shape index (κ3) is 9.48. The lowest BCUT2D eigenvalue weighted by Gasteiger charge is -2.17. The molecule has 0 radical (unpaired) electrons. The first-order valence-electron chi connectivity index (χ1n) is 9.68. The van der Waals surface area contributed by atoms with Crippen LogP contribution in [0.4, 0.5) is 0 Å². The Kier molecular flexibility index (Phi) is 11.4. The van der Waals surface area contributed by atoms with E-state index >= 15 is 0 Å². The zero-order valence-corrected chi connectivity index (χ0v) is 15.7. The van der Waals surface area contributed by atoms with Gasteiger partial charge in [0.1, 0.15) is 0 Å². The van der Waals surface area contributed by atoms with E-state index in [9.17, 15) is 20.1 Å². The van der Waals surface area contributed by atoms with Crippen LogP contribution in [0.3, 0.4) is 0 Å². The van der Waals surface area contributed by atoms with E-state index in [4.69, 9.17) is 9.84 Å². The van der Waals surface area contributed by atoms with Crippen LogP contribution in [0, 0.1) is 0 Å². The van der Waals surface area contributed by atoms with Crippen molar-refractivity contribution in [2.45, 2.75) is 95.2 Å². The molecule has 0 bridgehead atoms. The average molecular weight is 370 g/mol. The molecule has 1 heterocycles. The van der Waals surface area contributed by atoms with Crippen LogP contribution in [0.2, 0.25) is 0 Å². The van der Waals surface area contributed by atoms with Crippen LogP contribution in [0.5, 0.6) is 0 Å². The van der Waals surface area contributed by atoms with Crippen molar-refractivity contribution in [3.05, 3.63) is 24.3 Å². The van der Waals surface area contributed by atoms with Crippen LogP contribution in [-0.4, -0.2) is 56.9 Å². The van der Waals surface area contributed by atoms with E-state index in [2.05, 4.69) is 13.0 Å². The van der Waals surface area contributed by atoms with E-state index in [-0.39, 0.29) is 6.42 Å². The van der Waals surface area contributed by atoms with Crippen molar-refractivity contribution < 1.29 is 30.0 Å². The number of carboxylic acid groups (broad SMARTS) is 1. The molecule has 5 atom stereocenters. The van der Waals surface area contributed by atoms with Crippen LogP contribution < -0.4 is 0 Å². The molecule has 0 aromatic heterocycles. The van der Waals surface area contributed by atoms with Crippen molar-refractivity contribution in [1.29, 1.82) is 0 Å². The fourth-order valence-corrected chi connectivity index (χ4v) is 3.01.